The Morgan fingerprint density at radius 1 is 1.23 bits per heavy atom. The molecule has 1 heterocycles. The summed E-state index contributed by atoms with van der Waals surface area (Å²) in [5.41, 5.74) is 0.574. The Morgan fingerprint density at radius 2 is 2.08 bits per heavy atom. The summed E-state index contributed by atoms with van der Waals surface area (Å²) in [7, 11) is 0. The van der Waals surface area contributed by atoms with Gasteiger partial charge < -0.3 is 0 Å². The molecule has 0 amide bonds. The Morgan fingerprint density at radius 3 is 2.69 bits per heavy atom. The van der Waals surface area contributed by atoms with E-state index in [1.807, 2.05) is 0 Å². The Bertz CT molecular complexity index is 412. The standard InChI is InChI=1S/C9H4F2NS/c10-7-2-1-6(5-8(7)11)9-12-3-4-13-9/h1-2,4-5H. The Balaban J connectivity index is 2.49. The van der Waals surface area contributed by atoms with Crippen molar-refractivity contribution in [1.29, 1.82) is 0 Å². The van der Waals surface area contributed by atoms with E-state index in [1.54, 1.807) is 5.38 Å². The second-order valence-corrected chi connectivity index (χ2v) is 3.27. The molecule has 0 aliphatic heterocycles. The van der Waals surface area contributed by atoms with Gasteiger partial charge in [-0.05, 0) is 18.2 Å². The first-order chi connectivity index (χ1) is 6.27. The fourth-order valence-corrected chi connectivity index (χ4v) is 1.54. The third-order valence-electron chi connectivity index (χ3n) is 1.56. The first kappa shape index (κ1) is 8.31. The van der Waals surface area contributed by atoms with Crippen LogP contribution in [-0.2, 0) is 0 Å². The van der Waals surface area contributed by atoms with Gasteiger partial charge in [0.25, 0.3) is 0 Å². The van der Waals surface area contributed by atoms with Crippen LogP contribution in [-0.4, -0.2) is 4.98 Å². The van der Waals surface area contributed by atoms with Crippen molar-refractivity contribution in [3.05, 3.63) is 41.4 Å². The number of nitrogens with zero attached hydrogens (tertiary/aromatic N) is 1. The van der Waals surface area contributed by atoms with Crippen molar-refractivity contribution >= 4 is 11.3 Å². The Hall–Kier alpha value is -1.29. The molecule has 0 aliphatic rings. The maximum Gasteiger partial charge on any atom is 0.159 e. The topological polar surface area (TPSA) is 12.9 Å². The highest BCUT2D eigenvalue weighted by molar-refractivity contribution is 7.13. The van der Waals surface area contributed by atoms with E-state index in [1.165, 1.54) is 17.4 Å². The molecule has 2 rings (SSSR count). The van der Waals surface area contributed by atoms with Crippen LogP contribution in [0.3, 0.4) is 0 Å². The fraction of sp³-hybridized carbons (Fsp3) is 0. The highest BCUT2D eigenvalue weighted by atomic mass is 32.1. The van der Waals surface area contributed by atoms with Gasteiger partial charge in [0.15, 0.2) is 11.6 Å². The van der Waals surface area contributed by atoms with Gasteiger partial charge in [0.1, 0.15) is 11.2 Å². The lowest BCUT2D eigenvalue weighted by Gasteiger charge is -1.96. The minimum atomic E-state index is -0.854. The smallest absolute Gasteiger partial charge is 0.159 e. The molecule has 1 nitrogen and oxygen atoms in total. The SMILES string of the molecule is Fc1ccc(-c2n[c]cs2)cc1F. The zero-order valence-electron chi connectivity index (χ0n) is 6.42. The van der Waals surface area contributed by atoms with E-state index in [4.69, 9.17) is 0 Å². The monoisotopic (exact) mass is 196 g/mol. The number of halogens is 2. The molecule has 0 spiro atoms. The molecule has 0 fully saturated rings. The molecule has 4 heteroatoms. The first-order valence-electron chi connectivity index (χ1n) is 3.54. The Kier molecular flexibility index (Phi) is 2.06. The molecule has 1 aromatic carbocycles. The summed E-state index contributed by atoms with van der Waals surface area (Å²) in [4.78, 5) is 3.86. The largest absolute Gasteiger partial charge is 0.234 e. The van der Waals surface area contributed by atoms with Crippen LogP contribution in [0.4, 0.5) is 8.78 Å². The predicted molar refractivity (Wildman–Crippen MR) is 46.3 cm³/mol. The van der Waals surface area contributed by atoms with Crippen molar-refractivity contribution in [2.75, 3.05) is 0 Å². The highest BCUT2D eigenvalue weighted by Crippen LogP contribution is 2.22. The second kappa shape index (κ2) is 3.22. The molecule has 0 bridgehead atoms. The van der Waals surface area contributed by atoms with Crippen LogP contribution in [0.15, 0.2) is 23.6 Å². The lowest BCUT2D eigenvalue weighted by Crippen LogP contribution is -1.84. The van der Waals surface area contributed by atoms with Crippen LogP contribution < -0.4 is 0 Å². The van der Waals surface area contributed by atoms with Crippen LogP contribution in [0.5, 0.6) is 0 Å². The molecule has 13 heavy (non-hydrogen) atoms. The van der Waals surface area contributed by atoms with E-state index < -0.39 is 11.6 Å². The van der Waals surface area contributed by atoms with Gasteiger partial charge in [-0.2, -0.15) is 0 Å². The molecule has 0 N–H and O–H groups in total. The third kappa shape index (κ3) is 1.58. The van der Waals surface area contributed by atoms with Crippen LogP contribution in [0.2, 0.25) is 0 Å². The summed E-state index contributed by atoms with van der Waals surface area (Å²) in [6, 6.07) is 3.71. The molecule has 2 aromatic rings. The normalized spacial score (nSPS) is 10.3. The molecule has 1 aromatic heterocycles. The summed E-state index contributed by atoms with van der Waals surface area (Å²) in [6.07, 6.45) is 2.61. The lowest BCUT2D eigenvalue weighted by molar-refractivity contribution is 0.509. The second-order valence-electron chi connectivity index (χ2n) is 2.41. The Labute approximate surface area is 77.7 Å². The highest BCUT2D eigenvalue weighted by Gasteiger charge is 2.05. The van der Waals surface area contributed by atoms with Gasteiger partial charge >= 0.3 is 0 Å². The van der Waals surface area contributed by atoms with Gasteiger partial charge in [0.05, 0.1) is 0 Å². The van der Waals surface area contributed by atoms with E-state index in [0.717, 1.165) is 12.1 Å². The summed E-state index contributed by atoms with van der Waals surface area (Å²) in [5, 5.41) is 2.30. The lowest BCUT2D eigenvalue weighted by atomic mass is 10.2. The van der Waals surface area contributed by atoms with Crippen LogP contribution in [0.25, 0.3) is 10.6 Å². The van der Waals surface area contributed by atoms with Crippen LogP contribution in [0, 0.1) is 17.8 Å². The van der Waals surface area contributed by atoms with Crippen molar-refractivity contribution in [3.63, 3.8) is 0 Å². The summed E-state index contributed by atoms with van der Waals surface area (Å²) < 4.78 is 25.3. The average Bonchev–Trinajstić information content (AvgIpc) is 2.62. The zero-order valence-corrected chi connectivity index (χ0v) is 7.24. The summed E-state index contributed by atoms with van der Waals surface area (Å²) in [5.74, 6) is -1.70. The quantitative estimate of drug-likeness (QED) is 0.683. The summed E-state index contributed by atoms with van der Waals surface area (Å²) >= 11 is 1.33. The van der Waals surface area contributed by atoms with Gasteiger partial charge in [-0.25, -0.2) is 13.8 Å². The van der Waals surface area contributed by atoms with Crippen LogP contribution >= 0.6 is 11.3 Å². The van der Waals surface area contributed by atoms with Crippen molar-refractivity contribution < 1.29 is 8.78 Å². The third-order valence-corrected chi connectivity index (χ3v) is 2.33. The molecule has 0 atom stereocenters. The molecular weight excluding hydrogens is 192 g/mol. The van der Waals surface area contributed by atoms with Gasteiger partial charge in [0.2, 0.25) is 0 Å². The zero-order chi connectivity index (χ0) is 9.26. The molecule has 0 unspecified atom stereocenters. The van der Waals surface area contributed by atoms with Gasteiger partial charge in [-0.1, -0.05) is 0 Å². The molecular formula is C9H4F2NS. The minimum absolute atomic E-state index is 0.574. The molecule has 65 valence electrons. The molecule has 0 saturated carbocycles. The maximum atomic E-state index is 12.8. The average molecular weight is 196 g/mol. The maximum absolute atomic E-state index is 12.8. The molecule has 0 saturated heterocycles. The van der Waals surface area contributed by atoms with E-state index in [2.05, 4.69) is 11.2 Å². The van der Waals surface area contributed by atoms with Gasteiger partial charge in [0, 0.05) is 10.9 Å². The predicted octanol–water partition coefficient (Wildman–Crippen LogP) is 2.89. The number of hydrogen-bond donors (Lipinski definition) is 0. The summed E-state index contributed by atoms with van der Waals surface area (Å²) in [6.45, 7) is 0. The van der Waals surface area contributed by atoms with Crippen molar-refractivity contribution in [1.82, 2.24) is 4.98 Å². The van der Waals surface area contributed by atoms with Crippen molar-refractivity contribution in [2.45, 2.75) is 0 Å². The molecule has 0 aliphatic carbocycles. The molecule has 1 radical (unpaired) electrons. The fourth-order valence-electron chi connectivity index (χ4n) is 0.955. The van der Waals surface area contributed by atoms with E-state index >= 15 is 0 Å². The van der Waals surface area contributed by atoms with Crippen LogP contribution in [0.1, 0.15) is 0 Å². The van der Waals surface area contributed by atoms with E-state index in [-0.39, 0.29) is 0 Å². The van der Waals surface area contributed by atoms with E-state index in [0.29, 0.717) is 10.6 Å². The van der Waals surface area contributed by atoms with Gasteiger partial charge in [-0.3, -0.25) is 0 Å². The van der Waals surface area contributed by atoms with Crippen molar-refractivity contribution in [3.8, 4) is 10.6 Å². The number of rotatable bonds is 1. The number of hydrogen-bond acceptors (Lipinski definition) is 2. The number of aromatic nitrogens is 1. The number of benzene rings is 1. The number of thiazole rings is 1. The van der Waals surface area contributed by atoms with E-state index in [9.17, 15) is 8.78 Å². The van der Waals surface area contributed by atoms with Gasteiger partial charge in [-0.15, -0.1) is 11.3 Å². The first-order valence-corrected chi connectivity index (χ1v) is 4.42. The van der Waals surface area contributed by atoms with Crippen molar-refractivity contribution in [2.24, 2.45) is 0 Å². The minimum Gasteiger partial charge on any atom is -0.234 e.